The van der Waals surface area contributed by atoms with Gasteiger partial charge < -0.3 is 29.2 Å². The molecule has 2 aliphatic heterocycles. The van der Waals surface area contributed by atoms with Crippen LogP contribution in [-0.2, 0) is 19.1 Å². The zero-order valence-corrected chi connectivity index (χ0v) is 24.3. The number of anilines is 1. The summed E-state index contributed by atoms with van der Waals surface area (Å²) in [6.07, 6.45) is 0. The second kappa shape index (κ2) is 14.2. The van der Waals surface area contributed by atoms with E-state index in [1.807, 2.05) is 24.3 Å². The van der Waals surface area contributed by atoms with Crippen LogP contribution in [0.5, 0.6) is 11.5 Å². The van der Waals surface area contributed by atoms with Crippen molar-refractivity contribution in [2.45, 2.75) is 33.3 Å². The summed E-state index contributed by atoms with van der Waals surface area (Å²) < 4.78 is 47.9. The Bertz CT molecular complexity index is 1340. The van der Waals surface area contributed by atoms with Crippen molar-refractivity contribution < 1.29 is 37.3 Å². The maximum atomic E-state index is 13.6. The summed E-state index contributed by atoms with van der Waals surface area (Å²) in [6, 6.07) is 14.0. The van der Waals surface area contributed by atoms with E-state index in [9.17, 15) is 18.4 Å². The lowest BCUT2D eigenvalue weighted by Gasteiger charge is -2.36. The molecule has 42 heavy (non-hydrogen) atoms. The van der Waals surface area contributed by atoms with Gasteiger partial charge in [0.15, 0.2) is 0 Å². The fraction of sp³-hybridized carbons (Fsp3) is 0.419. The Balaban J connectivity index is 1.48. The first kappa shape index (κ1) is 30.8. The molecule has 0 aromatic heterocycles. The number of para-hydroxylation sites is 3. The van der Waals surface area contributed by atoms with Gasteiger partial charge in [-0.15, -0.1) is 0 Å². The number of rotatable bonds is 11. The van der Waals surface area contributed by atoms with E-state index >= 15 is 0 Å². The first-order chi connectivity index (χ1) is 20.2. The molecule has 9 nitrogen and oxygen atoms in total. The lowest BCUT2D eigenvalue weighted by molar-refractivity contribution is -0.140. The average Bonchev–Trinajstić information content (AvgIpc) is 2.97. The van der Waals surface area contributed by atoms with Crippen molar-refractivity contribution in [1.82, 2.24) is 10.2 Å². The monoisotopic (exact) mass is 585 g/mol. The normalized spacial score (nSPS) is 17.7. The zero-order chi connectivity index (χ0) is 30.2. The summed E-state index contributed by atoms with van der Waals surface area (Å²) in [5.74, 6) is -1.66. The first-order valence-corrected chi connectivity index (χ1v) is 13.9. The van der Waals surface area contributed by atoms with Gasteiger partial charge in [0.05, 0.1) is 36.5 Å². The second-order valence-corrected chi connectivity index (χ2v) is 9.91. The Morgan fingerprint density at radius 2 is 1.50 bits per heavy atom. The van der Waals surface area contributed by atoms with Gasteiger partial charge >= 0.3 is 18.6 Å². The predicted octanol–water partition coefficient (Wildman–Crippen LogP) is 4.46. The summed E-state index contributed by atoms with van der Waals surface area (Å²) in [6.45, 7) is 5.79. The number of allylic oxidation sites excluding steroid dienone is 2. The molecule has 4 rings (SSSR count). The number of hydrogen-bond donors (Lipinski definition) is 1. The topological polar surface area (TPSA) is 89.6 Å². The van der Waals surface area contributed by atoms with E-state index in [2.05, 4.69) is 15.1 Å². The number of nitrogens with zero attached hydrogens (tertiary/aromatic N) is 2. The van der Waals surface area contributed by atoms with Gasteiger partial charge in [-0.05, 0) is 39.0 Å². The number of esters is 2. The third kappa shape index (κ3) is 7.02. The molecular formula is C31H37F2N3O6. The maximum absolute atomic E-state index is 13.6. The molecule has 2 aliphatic rings. The van der Waals surface area contributed by atoms with Gasteiger partial charge in [-0.25, -0.2) is 9.59 Å². The molecule has 1 atom stereocenters. The number of benzene rings is 2. The summed E-state index contributed by atoms with van der Waals surface area (Å²) in [5, 5.41) is 3.07. The van der Waals surface area contributed by atoms with E-state index in [1.165, 1.54) is 6.07 Å². The van der Waals surface area contributed by atoms with Crippen molar-refractivity contribution in [2.75, 3.05) is 57.9 Å². The van der Waals surface area contributed by atoms with Crippen molar-refractivity contribution in [3.05, 3.63) is 76.6 Å². The minimum absolute atomic E-state index is 0.101. The van der Waals surface area contributed by atoms with Crippen LogP contribution in [0.15, 0.2) is 71.1 Å². The number of nitrogens with one attached hydrogen (secondary N) is 1. The van der Waals surface area contributed by atoms with Crippen LogP contribution in [0, 0.1) is 0 Å². The molecule has 2 heterocycles. The molecule has 2 aromatic carbocycles. The molecular weight excluding hydrogens is 548 g/mol. The number of ether oxygens (including phenoxy) is 4. The van der Waals surface area contributed by atoms with Gasteiger partial charge in [-0.3, -0.25) is 4.90 Å². The van der Waals surface area contributed by atoms with E-state index in [4.69, 9.17) is 18.9 Å². The van der Waals surface area contributed by atoms with Crippen LogP contribution >= 0.6 is 0 Å². The van der Waals surface area contributed by atoms with E-state index in [0.717, 1.165) is 37.6 Å². The Labute approximate surface area is 244 Å². The molecule has 1 fully saturated rings. The van der Waals surface area contributed by atoms with Gasteiger partial charge in [-0.2, -0.15) is 8.78 Å². The molecule has 11 heteroatoms. The third-order valence-electron chi connectivity index (χ3n) is 7.36. The molecule has 0 radical (unpaired) electrons. The van der Waals surface area contributed by atoms with E-state index in [0.29, 0.717) is 17.9 Å². The molecule has 0 aliphatic carbocycles. The van der Waals surface area contributed by atoms with Crippen molar-refractivity contribution >= 4 is 17.6 Å². The number of methoxy groups -OCH3 is 1. The van der Waals surface area contributed by atoms with Crippen LogP contribution in [0.4, 0.5) is 14.5 Å². The van der Waals surface area contributed by atoms with Gasteiger partial charge in [0.25, 0.3) is 0 Å². The molecule has 1 unspecified atom stereocenters. The average molecular weight is 586 g/mol. The lowest BCUT2D eigenvalue weighted by atomic mass is 9.80. The van der Waals surface area contributed by atoms with E-state index in [-0.39, 0.29) is 35.7 Å². The van der Waals surface area contributed by atoms with Gasteiger partial charge in [0.2, 0.25) is 0 Å². The Kier molecular flexibility index (Phi) is 10.4. The number of alkyl halides is 2. The summed E-state index contributed by atoms with van der Waals surface area (Å²) >= 11 is 0. The molecule has 1 saturated heterocycles. The van der Waals surface area contributed by atoms with E-state index in [1.54, 1.807) is 46.1 Å². The van der Waals surface area contributed by atoms with Crippen LogP contribution in [0.25, 0.3) is 0 Å². The molecule has 0 amide bonds. The highest BCUT2D eigenvalue weighted by molar-refractivity contribution is 6.00. The summed E-state index contributed by atoms with van der Waals surface area (Å²) in [7, 11) is 1.66. The summed E-state index contributed by atoms with van der Waals surface area (Å²) in [4.78, 5) is 31.1. The fourth-order valence-electron chi connectivity index (χ4n) is 5.43. The van der Waals surface area contributed by atoms with Crippen LogP contribution < -0.4 is 19.7 Å². The highest BCUT2D eigenvalue weighted by Gasteiger charge is 2.39. The van der Waals surface area contributed by atoms with Gasteiger partial charge in [0.1, 0.15) is 18.1 Å². The molecule has 0 bridgehead atoms. The van der Waals surface area contributed by atoms with Crippen LogP contribution in [0.1, 0.15) is 32.3 Å². The highest BCUT2D eigenvalue weighted by atomic mass is 19.3. The van der Waals surface area contributed by atoms with Crippen molar-refractivity contribution in [2.24, 2.45) is 0 Å². The highest BCUT2D eigenvalue weighted by Crippen LogP contribution is 2.43. The minimum Gasteiger partial charge on any atom is -0.495 e. The Morgan fingerprint density at radius 3 is 2.12 bits per heavy atom. The summed E-state index contributed by atoms with van der Waals surface area (Å²) in [5.41, 5.74) is 2.45. The number of halogens is 2. The molecule has 1 N–H and O–H groups in total. The maximum Gasteiger partial charge on any atom is 0.387 e. The smallest absolute Gasteiger partial charge is 0.387 e. The quantitative estimate of drug-likeness (QED) is 0.384. The number of hydrogen-bond acceptors (Lipinski definition) is 9. The molecule has 2 aromatic rings. The van der Waals surface area contributed by atoms with Crippen molar-refractivity contribution in [1.29, 1.82) is 0 Å². The van der Waals surface area contributed by atoms with Crippen molar-refractivity contribution in [3.63, 3.8) is 0 Å². The van der Waals surface area contributed by atoms with Crippen LogP contribution in [0.2, 0.25) is 0 Å². The number of piperazine rings is 1. The predicted molar refractivity (Wildman–Crippen MR) is 154 cm³/mol. The van der Waals surface area contributed by atoms with E-state index < -0.39 is 24.5 Å². The minimum atomic E-state index is -3.09. The third-order valence-corrected chi connectivity index (χ3v) is 7.36. The molecule has 0 spiro atoms. The number of carbonyl (C=O) groups excluding carboxylic acids is 2. The Morgan fingerprint density at radius 1 is 0.905 bits per heavy atom. The van der Waals surface area contributed by atoms with Crippen molar-refractivity contribution in [3.8, 4) is 11.5 Å². The Hall–Kier alpha value is -4.12. The van der Waals surface area contributed by atoms with Crippen LogP contribution in [-0.4, -0.2) is 76.5 Å². The largest absolute Gasteiger partial charge is 0.495 e. The van der Waals surface area contributed by atoms with Gasteiger partial charge in [0, 0.05) is 49.7 Å². The SMILES string of the molecule is CCOC(=O)C1=C(C)NC(C)=C(C(=O)OCCN2CCN(c3ccccc3OC)CC2)C1c1ccccc1OC(F)F. The standard InChI is InChI=1S/C31H37F2N3O6/c1-5-40-29(37)26-20(2)34-21(3)27(28(26)22-10-6-8-12-24(22)42-31(32)33)30(38)41-19-18-35-14-16-36(17-15-35)23-11-7-9-13-25(23)39-4/h6-13,28,31,34H,5,14-19H2,1-4H3. The lowest BCUT2D eigenvalue weighted by Crippen LogP contribution is -2.47. The molecule has 0 saturated carbocycles. The van der Waals surface area contributed by atoms with Crippen LogP contribution in [0.3, 0.4) is 0 Å². The first-order valence-electron chi connectivity index (χ1n) is 13.9. The molecule has 226 valence electrons. The second-order valence-electron chi connectivity index (χ2n) is 9.91. The zero-order valence-electron chi connectivity index (χ0n) is 24.3. The number of dihydropyridines is 1. The number of carbonyl (C=O) groups is 2. The van der Waals surface area contributed by atoms with Gasteiger partial charge in [-0.1, -0.05) is 30.3 Å². The fourth-order valence-corrected chi connectivity index (χ4v) is 5.43.